The van der Waals surface area contributed by atoms with Gasteiger partial charge in [0.1, 0.15) is 12.3 Å². The number of hydrogen-bond acceptors (Lipinski definition) is 4. The van der Waals surface area contributed by atoms with Gasteiger partial charge in [-0.15, -0.1) is 0 Å². The second-order valence-electron chi connectivity index (χ2n) is 8.11. The fourth-order valence-corrected chi connectivity index (χ4v) is 5.15. The van der Waals surface area contributed by atoms with Crippen molar-refractivity contribution < 1.29 is 17.9 Å². The summed E-state index contributed by atoms with van der Waals surface area (Å²) in [5, 5.41) is 2.88. The van der Waals surface area contributed by atoms with E-state index in [-0.39, 0.29) is 17.3 Å². The van der Waals surface area contributed by atoms with E-state index in [1.54, 1.807) is 43.5 Å². The van der Waals surface area contributed by atoms with Gasteiger partial charge in [-0.3, -0.25) is 9.10 Å². The van der Waals surface area contributed by atoms with Crippen molar-refractivity contribution in [3.05, 3.63) is 89.5 Å². The highest BCUT2D eigenvalue weighted by atomic mass is 32.2. The van der Waals surface area contributed by atoms with Gasteiger partial charge < -0.3 is 10.1 Å². The maximum Gasteiger partial charge on any atom is 0.264 e. The van der Waals surface area contributed by atoms with E-state index in [2.05, 4.69) is 5.32 Å². The molecule has 0 atom stereocenters. The first-order valence-electron chi connectivity index (χ1n) is 11.4. The highest BCUT2D eigenvalue weighted by Gasteiger charge is 2.28. The third-order valence-electron chi connectivity index (χ3n) is 5.66. The van der Waals surface area contributed by atoms with Crippen molar-refractivity contribution in [2.45, 2.75) is 38.0 Å². The molecule has 0 aliphatic rings. The molecule has 34 heavy (non-hydrogen) atoms. The number of hydrogen-bond donors (Lipinski definition) is 1. The molecule has 0 fully saturated rings. The Balaban J connectivity index is 1.72. The van der Waals surface area contributed by atoms with Crippen LogP contribution in [0.25, 0.3) is 0 Å². The molecule has 180 valence electrons. The van der Waals surface area contributed by atoms with Gasteiger partial charge in [-0.05, 0) is 67.6 Å². The summed E-state index contributed by atoms with van der Waals surface area (Å²) in [6.45, 7) is 4.04. The molecule has 6 nitrogen and oxygen atoms in total. The number of benzene rings is 3. The molecule has 1 N–H and O–H groups in total. The van der Waals surface area contributed by atoms with Crippen LogP contribution in [0.2, 0.25) is 0 Å². The van der Waals surface area contributed by atoms with Gasteiger partial charge in [0.15, 0.2) is 0 Å². The van der Waals surface area contributed by atoms with Crippen molar-refractivity contribution in [3.8, 4) is 5.75 Å². The summed E-state index contributed by atoms with van der Waals surface area (Å²) in [7, 11) is -2.29. The first-order chi connectivity index (χ1) is 16.3. The SMILES string of the molecule is CCc1ccccc1N(CC(=O)NCCCc1ccc(OC)cc1)S(=O)(=O)c1ccc(C)cc1. The number of para-hydroxylation sites is 1. The topological polar surface area (TPSA) is 75.7 Å². The van der Waals surface area contributed by atoms with E-state index < -0.39 is 10.0 Å². The molecule has 0 spiro atoms. The summed E-state index contributed by atoms with van der Waals surface area (Å²) >= 11 is 0. The smallest absolute Gasteiger partial charge is 0.264 e. The van der Waals surface area contributed by atoms with Gasteiger partial charge in [-0.1, -0.05) is 55.0 Å². The van der Waals surface area contributed by atoms with Crippen LogP contribution in [0.5, 0.6) is 5.75 Å². The molecular formula is C27H32N2O4S. The lowest BCUT2D eigenvalue weighted by Crippen LogP contribution is -2.41. The minimum absolute atomic E-state index is 0.163. The van der Waals surface area contributed by atoms with E-state index in [1.807, 2.05) is 50.2 Å². The number of aryl methyl sites for hydroxylation is 3. The fourth-order valence-electron chi connectivity index (χ4n) is 3.69. The number of ether oxygens (including phenoxy) is 1. The fraction of sp³-hybridized carbons (Fsp3) is 0.296. The molecule has 0 unspecified atom stereocenters. The van der Waals surface area contributed by atoms with E-state index >= 15 is 0 Å². The van der Waals surface area contributed by atoms with Gasteiger partial charge in [0.05, 0.1) is 17.7 Å². The van der Waals surface area contributed by atoms with Crippen LogP contribution in [0.15, 0.2) is 77.7 Å². The first-order valence-corrected chi connectivity index (χ1v) is 12.9. The molecule has 0 aliphatic carbocycles. The maximum absolute atomic E-state index is 13.6. The molecule has 3 rings (SSSR count). The van der Waals surface area contributed by atoms with E-state index in [0.29, 0.717) is 18.7 Å². The highest BCUT2D eigenvalue weighted by Crippen LogP contribution is 2.27. The summed E-state index contributed by atoms with van der Waals surface area (Å²) in [4.78, 5) is 13.0. The van der Waals surface area contributed by atoms with Crippen molar-refractivity contribution in [3.63, 3.8) is 0 Å². The molecule has 0 heterocycles. The zero-order valence-electron chi connectivity index (χ0n) is 20.0. The summed E-state index contributed by atoms with van der Waals surface area (Å²) < 4.78 is 33.5. The van der Waals surface area contributed by atoms with E-state index in [1.165, 1.54) is 4.31 Å². The number of nitrogens with one attached hydrogen (secondary N) is 1. The molecular weight excluding hydrogens is 448 g/mol. The van der Waals surface area contributed by atoms with E-state index in [0.717, 1.165) is 35.3 Å². The lowest BCUT2D eigenvalue weighted by molar-refractivity contribution is -0.119. The minimum Gasteiger partial charge on any atom is -0.497 e. The van der Waals surface area contributed by atoms with Gasteiger partial charge in [0.25, 0.3) is 10.0 Å². The molecule has 7 heteroatoms. The van der Waals surface area contributed by atoms with Crippen LogP contribution in [0, 0.1) is 6.92 Å². The second kappa shape index (κ2) is 11.7. The number of methoxy groups -OCH3 is 1. The molecule has 3 aromatic rings. The van der Waals surface area contributed by atoms with Crippen LogP contribution in [-0.4, -0.2) is 34.5 Å². The molecule has 0 saturated carbocycles. The number of anilines is 1. The number of carbonyl (C=O) groups is 1. The average Bonchev–Trinajstić information content (AvgIpc) is 2.85. The number of sulfonamides is 1. The summed E-state index contributed by atoms with van der Waals surface area (Å²) in [5.74, 6) is 0.468. The quantitative estimate of drug-likeness (QED) is 0.410. The van der Waals surface area contributed by atoms with Crippen LogP contribution < -0.4 is 14.4 Å². The number of carbonyl (C=O) groups excluding carboxylic acids is 1. The Hall–Kier alpha value is -3.32. The predicted octanol–water partition coefficient (Wildman–Crippen LogP) is 4.51. The van der Waals surface area contributed by atoms with Crippen LogP contribution in [0.3, 0.4) is 0 Å². The molecule has 0 radical (unpaired) electrons. The summed E-state index contributed by atoms with van der Waals surface area (Å²) in [5.41, 5.74) is 3.51. The predicted molar refractivity (Wildman–Crippen MR) is 136 cm³/mol. The number of nitrogens with zero attached hydrogens (tertiary/aromatic N) is 1. The van der Waals surface area contributed by atoms with Crippen molar-refractivity contribution in [2.75, 3.05) is 24.5 Å². The van der Waals surface area contributed by atoms with Gasteiger partial charge in [0.2, 0.25) is 5.91 Å². The molecule has 0 bridgehead atoms. The molecule has 0 aliphatic heterocycles. The molecule has 0 saturated heterocycles. The zero-order chi connectivity index (χ0) is 24.6. The first kappa shape index (κ1) is 25.3. The van der Waals surface area contributed by atoms with Gasteiger partial charge in [-0.2, -0.15) is 0 Å². The zero-order valence-corrected chi connectivity index (χ0v) is 20.8. The Kier molecular flexibility index (Phi) is 8.71. The second-order valence-corrected chi connectivity index (χ2v) is 9.97. The lowest BCUT2D eigenvalue weighted by atomic mass is 10.1. The molecule has 0 aromatic heterocycles. The largest absolute Gasteiger partial charge is 0.497 e. The average molecular weight is 481 g/mol. The van der Waals surface area contributed by atoms with Crippen molar-refractivity contribution in [1.29, 1.82) is 0 Å². The van der Waals surface area contributed by atoms with Gasteiger partial charge >= 0.3 is 0 Å². The standard InChI is InChI=1S/C27H32N2O4S/c1-4-23-9-5-6-10-26(23)29(34(31,32)25-17-11-21(2)12-18-25)20-27(30)28-19-7-8-22-13-15-24(33-3)16-14-22/h5-6,9-18H,4,7-8,19-20H2,1-3H3,(H,28,30). The molecule has 3 aromatic carbocycles. The highest BCUT2D eigenvalue weighted by molar-refractivity contribution is 7.92. The van der Waals surface area contributed by atoms with Crippen molar-refractivity contribution in [1.82, 2.24) is 5.32 Å². The van der Waals surface area contributed by atoms with Crippen molar-refractivity contribution >= 4 is 21.6 Å². The van der Waals surface area contributed by atoms with Crippen LogP contribution >= 0.6 is 0 Å². The Bertz CT molecular complexity index is 1190. The van der Waals surface area contributed by atoms with Crippen LogP contribution in [0.1, 0.15) is 30.0 Å². The lowest BCUT2D eigenvalue weighted by Gasteiger charge is -2.26. The Morgan fingerprint density at radius 2 is 1.65 bits per heavy atom. The van der Waals surface area contributed by atoms with Crippen LogP contribution in [-0.2, 0) is 27.7 Å². The Morgan fingerprint density at radius 1 is 0.971 bits per heavy atom. The maximum atomic E-state index is 13.6. The van der Waals surface area contributed by atoms with E-state index in [9.17, 15) is 13.2 Å². The Labute approximate surface area is 202 Å². The third-order valence-corrected chi connectivity index (χ3v) is 7.43. The number of amides is 1. The summed E-state index contributed by atoms with van der Waals surface area (Å²) in [6.07, 6.45) is 2.20. The van der Waals surface area contributed by atoms with Crippen LogP contribution in [0.4, 0.5) is 5.69 Å². The van der Waals surface area contributed by atoms with Crippen molar-refractivity contribution in [2.24, 2.45) is 0 Å². The monoisotopic (exact) mass is 480 g/mol. The Morgan fingerprint density at radius 3 is 2.29 bits per heavy atom. The molecule has 1 amide bonds. The summed E-state index contributed by atoms with van der Waals surface area (Å²) in [6, 6.07) is 21.8. The van der Waals surface area contributed by atoms with Gasteiger partial charge in [-0.25, -0.2) is 8.42 Å². The number of rotatable bonds is 11. The third kappa shape index (κ3) is 6.38. The normalized spacial score (nSPS) is 11.1. The van der Waals surface area contributed by atoms with E-state index in [4.69, 9.17) is 4.74 Å². The van der Waals surface area contributed by atoms with Gasteiger partial charge in [0, 0.05) is 6.54 Å². The minimum atomic E-state index is -3.92.